The predicted octanol–water partition coefficient (Wildman–Crippen LogP) is 2.20. The second-order valence-corrected chi connectivity index (χ2v) is 4.42. The number of rotatable bonds is 2. The molecule has 92 valence electrons. The van der Waals surface area contributed by atoms with Gasteiger partial charge in [-0.3, -0.25) is 4.79 Å². The number of nitrogens with zero attached hydrogens (tertiary/aromatic N) is 2. The lowest BCUT2D eigenvalue weighted by molar-refractivity contribution is -0.132. The topological polar surface area (TPSA) is 45.2 Å². The molecule has 1 fully saturated rings. The highest BCUT2D eigenvalue weighted by Gasteiger charge is 2.27. The number of amides is 1. The minimum absolute atomic E-state index is 0.153. The van der Waals surface area contributed by atoms with Crippen LogP contribution in [0, 0.1) is 0 Å². The Morgan fingerprint density at radius 3 is 3.06 bits per heavy atom. The van der Waals surface area contributed by atoms with Crippen LogP contribution < -0.4 is 5.32 Å². The molecule has 1 aliphatic heterocycles. The fourth-order valence-corrected chi connectivity index (χ4v) is 2.53. The molecule has 2 heterocycles. The van der Waals surface area contributed by atoms with Crippen molar-refractivity contribution in [2.24, 2.45) is 0 Å². The van der Waals surface area contributed by atoms with E-state index in [0.717, 1.165) is 30.8 Å². The van der Waals surface area contributed by atoms with Crippen molar-refractivity contribution in [3.8, 4) is 0 Å². The molecule has 17 heavy (non-hydrogen) atoms. The van der Waals surface area contributed by atoms with Crippen LogP contribution in [-0.2, 0) is 4.79 Å². The van der Waals surface area contributed by atoms with Gasteiger partial charge in [0.25, 0.3) is 0 Å². The summed E-state index contributed by atoms with van der Waals surface area (Å²) in [5.41, 5.74) is 1.13. The van der Waals surface area contributed by atoms with Crippen molar-refractivity contribution in [3.05, 3.63) is 23.9 Å². The third-order valence-corrected chi connectivity index (χ3v) is 3.34. The minimum atomic E-state index is 0.153. The number of hydrogen-bond acceptors (Lipinski definition) is 3. The summed E-state index contributed by atoms with van der Waals surface area (Å²) in [6.07, 6.45) is 5.08. The molecule has 0 unspecified atom stereocenters. The zero-order valence-electron chi connectivity index (χ0n) is 10.4. The zero-order valence-corrected chi connectivity index (χ0v) is 10.4. The maximum absolute atomic E-state index is 11.7. The van der Waals surface area contributed by atoms with Crippen molar-refractivity contribution < 1.29 is 4.79 Å². The van der Waals surface area contributed by atoms with E-state index in [1.807, 2.05) is 18.0 Å². The first-order chi connectivity index (χ1) is 8.24. The number of likely N-dealkylation sites (tertiary alicyclic amines) is 1. The van der Waals surface area contributed by atoms with E-state index in [9.17, 15) is 4.79 Å². The highest BCUT2D eigenvalue weighted by molar-refractivity contribution is 5.74. The van der Waals surface area contributed by atoms with E-state index < -0.39 is 0 Å². The Labute approximate surface area is 102 Å². The van der Waals surface area contributed by atoms with Crippen molar-refractivity contribution in [3.63, 3.8) is 0 Å². The lowest BCUT2D eigenvalue weighted by atomic mass is 9.95. The van der Waals surface area contributed by atoms with Crippen LogP contribution in [0.5, 0.6) is 0 Å². The maximum atomic E-state index is 11.7. The zero-order chi connectivity index (χ0) is 12.3. The Kier molecular flexibility index (Phi) is 3.61. The standard InChI is InChI=1S/C13H19N3O/c1-10(17)16-9-4-3-7-12(16)11-6-5-8-15-13(11)14-2/h5-6,8,12H,3-4,7,9H2,1-2H3,(H,14,15)/t12-/m0/s1. The normalized spacial score (nSPS) is 20.1. The summed E-state index contributed by atoms with van der Waals surface area (Å²) in [6, 6.07) is 4.17. The van der Waals surface area contributed by atoms with Crippen LogP contribution >= 0.6 is 0 Å². The first kappa shape index (κ1) is 11.9. The van der Waals surface area contributed by atoms with E-state index in [1.165, 1.54) is 6.42 Å². The van der Waals surface area contributed by atoms with Gasteiger partial charge in [0.15, 0.2) is 0 Å². The number of aromatic nitrogens is 1. The molecule has 4 nitrogen and oxygen atoms in total. The van der Waals surface area contributed by atoms with Crippen LogP contribution in [0.15, 0.2) is 18.3 Å². The summed E-state index contributed by atoms with van der Waals surface area (Å²) in [4.78, 5) is 17.9. The van der Waals surface area contributed by atoms with Gasteiger partial charge in [0.05, 0.1) is 6.04 Å². The largest absolute Gasteiger partial charge is 0.373 e. The third kappa shape index (κ3) is 2.40. The summed E-state index contributed by atoms with van der Waals surface area (Å²) < 4.78 is 0. The summed E-state index contributed by atoms with van der Waals surface area (Å²) in [7, 11) is 1.87. The van der Waals surface area contributed by atoms with Gasteiger partial charge in [0.2, 0.25) is 5.91 Å². The van der Waals surface area contributed by atoms with Crippen molar-refractivity contribution in [1.29, 1.82) is 0 Å². The molecule has 0 aromatic carbocycles. The molecule has 1 saturated heterocycles. The molecule has 0 saturated carbocycles. The first-order valence-electron chi connectivity index (χ1n) is 6.14. The molecule has 0 aliphatic carbocycles. The fraction of sp³-hybridized carbons (Fsp3) is 0.538. The van der Waals surface area contributed by atoms with Crippen LogP contribution in [0.3, 0.4) is 0 Å². The molecule has 0 radical (unpaired) electrons. The van der Waals surface area contributed by atoms with Crippen molar-refractivity contribution >= 4 is 11.7 Å². The molecule has 0 spiro atoms. The highest BCUT2D eigenvalue weighted by atomic mass is 16.2. The average Bonchev–Trinajstić information content (AvgIpc) is 2.38. The number of carbonyl (C=O) groups excluding carboxylic acids is 1. The van der Waals surface area contributed by atoms with Crippen molar-refractivity contribution in [2.45, 2.75) is 32.2 Å². The molecule has 0 bridgehead atoms. The molecule has 2 rings (SSSR count). The predicted molar refractivity (Wildman–Crippen MR) is 67.8 cm³/mol. The van der Waals surface area contributed by atoms with Gasteiger partial charge >= 0.3 is 0 Å². The number of hydrogen-bond donors (Lipinski definition) is 1. The van der Waals surface area contributed by atoms with Gasteiger partial charge in [0, 0.05) is 32.3 Å². The Balaban J connectivity index is 2.32. The van der Waals surface area contributed by atoms with Crippen LogP contribution in [0.1, 0.15) is 37.8 Å². The van der Waals surface area contributed by atoms with E-state index in [1.54, 1.807) is 13.1 Å². The lowest BCUT2D eigenvalue weighted by Gasteiger charge is -2.35. The highest BCUT2D eigenvalue weighted by Crippen LogP contribution is 2.33. The number of anilines is 1. The van der Waals surface area contributed by atoms with Gasteiger partial charge in [-0.15, -0.1) is 0 Å². The van der Waals surface area contributed by atoms with Crippen LogP contribution in [0.25, 0.3) is 0 Å². The van der Waals surface area contributed by atoms with Crippen molar-refractivity contribution in [2.75, 3.05) is 18.9 Å². The molecule has 1 amide bonds. The van der Waals surface area contributed by atoms with E-state index >= 15 is 0 Å². The average molecular weight is 233 g/mol. The van der Waals surface area contributed by atoms with Crippen molar-refractivity contribution in [1.82, 2.24) is 9.88 Å². The second-order valence-electron chi connectivity index (χ2n) is 4.42. The fourth-order valence-electron chi connectivity index (χ4n) is 2.53. The molecule has 1 aromatic rings. The van der Waals surface area contributed by atoms with Gasteiger partial charge in [-0.25, -0.2) is 4.98 Å². The monoisotopic (exact) mass is 233 g/mol. The van der Waals surface area contributed by atoms with E-state index in [2.05, 4.69) is 16.4 Å². The number of nitrogens with one attached hydrogen (secondary N) is 1. The Morgan fingerprint density at radius 1 is 1.53 bits per heavy atom. The van der Waals surface area contributed by atoms with Gasteiger partial charge in [-0.1, -0.05) is 6.07 Å². The first-order valence-corrected chi connectivity index (χ1v) is 6.14. The molecule has 1 aromatic heterocycles. The Bertz CT molecular complexity index is 405. The molecular weight excluding hydrogens is 214 g/mol. The van der Waals surface area contributed by atoms with Crippen LogP contribution in [0.4, 0.5) is 5.82 Å². The van der Waals surface area contributed by atoms with Crippen LogP contribution in [0.2, 0.25) is 0 Å². The maximum Gasteiger partial charge on any atom is 0.219 e. The molecule has 1 atom stereocenters. The van der Waals surface area contributed by atoms with Gasteiger partial charge in [-0.2, -0.15) is 0 Å². The molecule has 1 aliphatic rings. The summed E-state index contributed by atoms with van der Waals surface area (Å²) in [5.74, 6) is 1.03. The van der Waals surface area contributed by atoms with E-state index in [-0.39, 0.29) is 11.9 Å². The Morgan fingerprint density at radius 2 is 2.35 bits per heavy atom. The minimum Gasteiger partial charge on any atom is -0.373 e. The SMILES string of the molecule is CNc1ncccc1[C@@H]1CCCCN1C(C)=O. The number of carbonyl (C=O) groups is 1. The van der Waals surface area contributed by atoms with Gasteiger partial charge in [-0.05, 0) is 25.3 Å². The van der Waals surface area contributed by atoms with E-state index in [0.29, 0.717) is 0 Å². The molecular formula is C13H19N3O. The third-order valence-electron chi connectivity index (χ3n) is 3.34. The van der Waals surface area contributed by atoms with Gasteiger partial charge < -0.3 is 10.2 Å². The van der Waals surface area contributed by atoms with E-state index in [4.69, 9.17) is 0 Å². The second kappa shape index (κ2) is 5.17. The molecule has 4 heteroatoms. The smallest absolute Gasteiger partial charge is 0.219 e. The quantitative estimate of drug-likeness (QED) is 0.851. The van der Waals surface area contributed by atoms with Gasteiger partial charge in [0.1, 0.15) is 5.82 Å². The van der Waals surface area contributed by atoms with Crippen LogP contribution in [-0.4, -0.2) is 29.4 Å². The summed E-state index contributed by atoms with van der Waals surface area (Å²) in [5, 5.41) is 3.10. The lowest BCUT2D eigenvalue weighted by Crippen LogP contribution is -2.37. The Hall–Kier alpha value is -1.58. The number of pyridine rings is 1. The molecule has 1 N–H and O–H groups in total. The summed E-state index contributed by atoms with van der Waals surface area (Å²) >= 11 is 0. The summed E-state index contributed by atoms with van der Waals surface area (Å²) in [6.45, 7) is 2.51. The number of piperidine rings is 1.